The molecule has 2 heterocycles. The Morgan fingerprint density at radius 3 is 3.00 bits per heavy atom. The Morgan fingerprint density at radius 2 is 2.28 bits per heavy atom. The van der Waals surface area contributed by atoms with Gasteiger partial charge < -0.3 is 15.7 Å². The number of carbonyl (C=O) groups excluding carboxylic acids is 1. The number of nitrogens with zero attached hydrogens (tertiary/aromatic N) is 2. The van der Waals surface area contributed by atoms with Gasteiger partial charge in [0.1, 0.15) is 5.82 Å². The van der Waals surface area contributed by atoms with Gasteiger partial charge in [0.05, 0.1) is 6.10 Å². The zero-order chi connectivity index (χ0) is 12.7. The molecule has 2 aliphatic rings. The van der Waals surface area contributed by atoms with Gasteiger partial charge in [-0.25, -0.2) is 4.98 Å². The third-order valence-corrected chi connectivity index (χ3v) is 4.13. The normalized spacial score (nSPS) is 30.5. The fourth-order valence-corrected chi connectivity index (χ4v) is 3.17. The van der Waals surface area contributed by atoms with Crippen LogP contribution in [0.15, 0.2) is 18.3 Å². The lowest BCUT2D eigenvalue weighted by molar-refractivity contribution is 0.0752. The highest BCUT2D eigenvalue weighted by Crippen LogP contribution is 2.38. The second kappa shape index (κ2) is 4.24. The summed E-state index contributed by atoms with van der Waals surface area (Å²) in [6.45, 7) is 1.41. The Kier molecular flexibility index (Phi) is 2.70. The molecular formula is C13H17N3O2. The van der Waals surface area contributed by atoms with Crippen LogP contribution >= 0.6 is 0 Å². The molecule has 1 aliphatic carbocycles. The molecule has 1 aromatic heterocycles. The number of amides is 1. The minimum absolute atomic E-state index is 0.00861. The molecule has 3 unspecified atom stereocenters. The molecule has 0 aromatic carbocycles. The van der Waals surface area contributed by atoms with E-state index < -0.39 is 0 Å². The van der Waals surface area contributed by atoms with Gasteiger partial charge in [0, 0.05) is 30.8 Å². The van der Waals surface area contributed by atoms with Crippen molar-refractivity contribution in [1.29, 1.82) is 0 Å². The number of hydrogen-bond acceptors (Lipinski definition) is 4. The van der Waals surface area contributed by atoms with Gasteiger partial charge in [0.15, 0.2) is 0 Å². The number of nitrogens with two attached hydrogens (primary N) is 1. The van der Waals surface area contributed by atoms with Crippen molar-refractivity contribution in [2.75, 3.05) is 18.8 Å². The van der Waals surface area contributed by atoms with Crippen LogP contribution in [0.25, 0.3) is 0 Å². The number of hydrogen-bond donors (Lipinski definition) is 2. The van der Waals surface area contributed by atoms with E-state index >= 15 is 0 Å². The summed E-state index contributed by atoms with van der Waals surface area (Å²) in [5, 5.41) is 9.85. The Morgan fingerprint density at radius 1 is 1.44 bits per heavy atom. The van der Waals surface area contributed by atoms with Gasteiger partial charge >= 0.3 is 0 Å². The average Bonchev–Trinajstić information content (AvgIpc) is 2.91. The van der Waals surface area contributed by atoms with Crippen molar-refractivity contribution < 1.29 is 9.90 Å². The fraction of sp³-hybridized carbons (Fsp3) is 0.538. The van der Waals surface area contributed by atoms with E-state index in [0.717, 1.165) is 19.4 Å². The molecule has 5 nitrogen and oxygen atoms in total. The van der Waals surface area contributed by atoms with E-state index in [1.54, 1.807) is 18.3 Å². The number of aliphatic hydroxyl groups is 1. The SMILES string of the molecule is Nc1cc(C(=O)N2CC3CCC(O)C3C2)ccn1. The second-order valence-corrected chi connectivity index (χ2v) is 5.25. The lowest BCUT2D eigenvalue weighted by Gasteiger charge is -2.18. The Labute approximate surface area is 106 Å². The predicted molar refractivity (Wildman–Crippen MR) is 66.8 cm³/mol. The summed E-state index contributed by atoms with van der Waals surface area (Å²) in [6.07, 6.45) is 3.21. The monoisotopic (exact) mass is 247 g/mol. The molecule has 1 saturated heterocycles. The molecule has 1 saturated carbocycles. The van der Waals surface area contributed by atoms with Crippen LogP contribution in [0.2, 0.25) is 0 Å². The Hall–Kier alpha value is -1.62. The summed E-state index contributed by atoms with van der Waals surface area (Å²) in [7, 11) is 0. The maximum atomic E-state index is 12.3. The number of rotatable bonds is 1. The smallest absolute Gasteiger partial charge is 0.254 e. The number of aliphatic hydroxyl groups excluding tert-OH is 1. The number of nitrogen functional groups attached to an aromatic ring is 1. The highest BCUT2D eigenvalue weighted by atomic mass is 16.3. The fourth-order valence-electron chi connectivity index (χ4n) is 3.17. The van der Waals surface area contributed by atoms with Gasteiger partial charge in [-0.3, -0.25) is 4.79 Å². The minimum atomic E-state index is -0.240. The van der Waals surface area contributed by atoms with Crippen LogP contribution in [-0.2, 0) is 0 Å². The number of fused-ring (bicyclic) bond motifs is 1. The van der Waals surface area contributed by atoms with Gasteiger partial charge in [-0.2, -0.15) is 0 Å². The summed E-state index contributed by atoms with van der Waals surface area (Å²) in [5.41, 5.74) is 6.17. The maximum Gasteiger partial charge on any atom is 0.254 e. The molecule has 1 amide bonds. The largest absolute Gasteiger partial charge is 0.393 e. The molecule has 0 bridgehead atoms. The zero-order valence-corrected chi connectivity index (χ0v) is 10.1. The standard InChI is InChI=1S/C13H17N3O2/c14-12-5-8(3-4-15-12)13(18)16-6-9-1-2-11(17)10(9)7-16/h3-5,9-11,17H,1-2,6-7H2,(H2,14,15). The first kappa shape index (κ1) is 11.5. The van der Waals surface area contributed by atoms with E-state index in [1.807, 2.05) is 4.90 Å². The number of carbonyl (C=O) groups is 1. The van der Waals surface area contributed by atoms with Gasteiger partial charge in [0.25, 0.3) is 5.91 Å². The van der Waals surface area contributed by atoms with Gasteiger partial charge in [-0.1, -0.05) is 0 Å². The molecule has 3 N–H and O–H groups in total. The summed E-state index contributed by atoms with van der Waals surface area (Å²) in [4.78, 5) is 18.0. The second-order valence-electron chi connectivity index (χ2n) is 5.25. The van der Waals surface area contributed by atoms with Crippen LogP contribution < -0.4 is 5.73 Å². The summed E-state index contributed by atoms with van der Waals surface area (Å²) >= 11 is 0. The van der Waals surface area contributed by atoms with E-state index in [0.29, 0.717) is 23.8 Å². The van der Waals surface area contributed by atoms with Crippen LogP contribution in [0.5, 0.6) is 0 Å². The van der Waals surface area contributed by atoms with E-state index in [-0.39, 0.29) is 17.9 Å². The quantitative estimate of drug-likeness (QED) is 0.757. The first-order valence-corrected chi connectivity index (χ1v) is 6.34. The van der Waals surface area contributed by atoms with Gasteiger partial charge in [-0.05, 0) is 30.9 Å². The lowest BCUT2D eigenvalue weighted by Crippen LogP contribution is -2.31. The summed E-state index contributed by atoms with van der Waals surface area (Å²) < 4.78 is 0. The molecule has 3 atom stereocenters. The zero-order valence-electron chi connectivity index (χ0n) is 10.1. The van der Waals surface area contributed by atoms with Crippen molar-refractivity contribution in [3.05, 3.63) is 23.9 Å². The molecule has 96 valence electrons. The van der Waals surface area contributed by atoms with Crippen LogP contribution in [-0.4, -0.2) is 40.1 Å². The van der Waals surface area contributed by atoms with Crippen molar-refractivity contribution in [1.82, 2.24) is 9.88 Å². The van der Waals surface area contributed by atoms with Crippen LogP contribution in [0.4, 0.5) is 5.82 Å². The van der Waals surface area contributed by atoms with Crippen molar-refractivity contribution in [2.24, 2.45) is 11.8 Å². The molecule has 1 aromatic rings. The molecule has 0 spiro atoms. The first-order chi connectivity index (χ1) is 8.65. The number of aromatic nitrogens is 1. The van der Waals surface area contributed by atoms with Crippen LogP contribution in [0.3, 0.4) is 0 Å². The van der Waals surface area contributed by atoms with E-state index in [1.165, 1.54) is 0 Å². The topological polar surface area (TPSA) is 79.5 Å². The van der Waals surface area contributed by atoms with E-state index in [9.17, 15) is 9.90 Å². The van der Waals surface area contributed by atoms with Crippen molar-refractivity contribution in [3.63, 3.8) is 0 Å². The molecule has 18 heavy (non-hydrogen) atoms. The third kappa shape index (κ3) is 1.84. The summed E-state index contributed by atoms with van der Waals surface area (Å²) in [6, 6.07) is 3.29. The Bertz CT molecular complexity index is 477. The molecule has 1 aliphatic heterocycles. The highest BCUT2D eigenvalue weighted by molar-refractivity contribution is 5.95. The molecule has 0 radical (unpaired) electrons. The van der Waals surface area contributed by atoms with Crippen molar-refractivity contribution in [2.45, 2.75) is 18.9 Å². The molecular weight excluding hydrogens is 230 g/mol. The Balaban J connectivity index is 1.75. The molecule has 5 heteroatoms. The minimum Gasteiger partial charge on any atom is -0.393 e. The third-order valence-electron chi connectivity index (χ3n) is 4.13. The van der Waals surface area contributed by atoms with Crippen LogP contribution in [0.1, 0.15) is 23.2 Å². The first-order valence-electron chi connectivity index (χ1n) is 6.34. The average molecular weight is 247 g/mol. The lowest BCUT2D eigenvalue weighted by atomic mass is 10.00. The number of anilines is 1. The van der Waals surface area contributed by atoms with Gasteiger partial charge in [0.2, 0.25) is 0 Å². The highest BCUT2D eigenvalue weighted by Gasteiger charge is 2.43. The predicted octanol–water partition coefficient (Wildman–Crippen LogP) is 0.507. The van der Waals surface area contributed by atoms with Crippen LogP contribution in [0, 0.1) is 11.8 Å². The van der Waals surface area contributed by atoms with E-state index in [4.69, 9.17) is 5.73 Å². The number of likely N-dealkylation sites (tertiary alicyclic amines) is 1. The summed E-state index contributed by atoms with van der Waals surface area (Å²) in [5.74, 6) is 1.07. The number of pyridine rings is 1. The van der Waals surface area contributed by atoms with Crippen molar-refractivity contribution in [3.8, 4) is 0 Å². The van der Waals surface area contributed by atoms with Crippen molar-refractivity contribution >= 4 is 11.7 Å². The maximum absolute atomic E-state index is 12.3. The van der Waals surface area contributed by atoms with E-state index in [2.05, 4.69) is 4.98 Å². The molecule has 2 fully saturated rings. The molecule has 3 rings (SSSR count). The van der Waals surface area contributed by atoms with Gasteiger partial charge in [-0.15, -0.1) is 0 Å².